The molecule has 0 aliphatic rings. The van der Waals surface area contributed by atoms with Crippen molar-refractivity contribution in [2.45, 2.75) is 4.90 Å². The summed E-state index contributed by atoms with van der Waals surface area (Å²) in [6, 6.07) is 12.8. The number of benzene rings is 2. The number of methoxy groups -OCH3 is 1. The van der Waals surface area contributed by atoms with Crippen molar-refractivity contribution in [2.24, 2.45) is 0 Å². The van der Waals surface area contributed by atoms with Gasteiger partial charge in [0.1, 0.15) is 5.75 Å². The minimum Gasteiger partial charge on any atom is -0.497 e. The molecule has 0 amide bonds. The third kappa shape index (κ3) is 3.49. The monoisotopic (exact) mass is 386 g/mol. The van der Waals surface area contributed by atoms with Crippen molar-refractivity contribution < 1.29 is 23.1 Å². The van der Waals surface area contributed by atoms with E-state index in [4.69, 9.17) is 4.74 Å². The number of rotatable bonds is 5. The van der Waals surface area contributed by atoms with Crippen molar-refractivity contribution in [1.29, 1.82) is 0 Å². The van der Waals surface area contributed by atoms with Crippen molar-refractivity contribution in [3.05, 3.63) is 54.1 Å². The average molecular weight is 386 g/mol. The van der Waals surface area contributed by atoms with E-state index < -0.39 is 16.0 Å². The number of hydrogen-bond donors (Lipinski definition) is 1. The van der Waals surface area contributed by atoms with Gasteiger partial charge in [0.15, 0.2) is 0 Å². The van der Waals surface area contributed by atoms with E-state index in [0.29, 0.717) is 22.5 Å². The summed E-state index contributed by atoms with van der Waals surface area (Å²) >= 11 is 0. The molecule has 0 fully saturated rings. The molecule has 7 nitrogen and oxygen atoms in total. The van der Waals surface area contributed by atoms with Gasteiger partial charge in [0.25, 0.3) is 0 Å². The lowest BCUT2D eigenvalue weighted by atomic mass is 10.0. The van der Waals surface area contributed by atoms with Gasteiger partial charge in [-0.25, -0.2) is 22.5 Å². The van der Waals surface area contributed by atoms with Crippen LogP contribution < -0.4 is 4.74 Å². The van der Waals surface area contributed by atoms with E-state index in [1.807, 2.05) is 0 Å². The first-order valence-corrected chi connectivity index (χ1v) is 9.43. The highest BCUT2D eigenvalue weighted by Gasteiger charge is 2.20. The molecule has 0 saturated heterocycles. The molecule has 0 saturated carbocycles. The highest BCUT2D eigenvalue weighted by molar-refractivity contribution is 7.89. The van der Waals surface area contributed by atoms with Crippen molar-refractivity contribution in [3.8, 4) is 17.0 Å². The van der Waals surface area contributed by atoms with Gasteiger partial charge in [-0.2, -0.15) is 0 Å². The first kappa shape index (κ1) is 18.8. The third-order valence-corrected chi connectivity index (χ3v) is 5.97. The van der Waals surface area contributed by atoms with E-state index in [9.17, 15) is 18.3 Å². The van der Waals surface area contributed by atoms with Crippen LogP contribution >= 0.6 is 0 Å². The Morgan fingerprint density at radius 3 is 2.48 bits per heavy atom. The second-order valence-corrected chi connectivity index (χ2v) is 8.21. The van der Waals surface area contributed by atoms with Crippen LogP contribution in [0.3, 0.4) is 0 Å². The first-order chi connectivity index (χ1) is 12.7. The van der Waals surface area contributed by atoms with Crippen LogP contribution in [-0.4, -0.2) is 50.0 Å². The molecule has 3 aromatic rings. The Balaban J connectivity index is 2.26. The predicted octanol–water partition coefficient (Wildman–Crippen LogP) is 2.86. The molecule has 0 unspecified atom stereocenters. The summed E-state index contributed by atoms with van der Waals surface area (Å²) in [5.41, 5.74) is 1.53. The van der Waals surface area contributed by atoms with Gasteiger partial charge in [-0.3, -0.25) is 0 Å². The number of ether oxygens (including phenoxy) is 1. The second-order valence-electron chi connectivity index (χ2n) is 6.06. The molecule has 27 heavy (non-hydrogen) atoms. The molecule has 1 N–H and O–H groups in total. The zero-order valence-corrected chi connectivity index (χ0v) is 15.8. The molecule has 8 heteroatoms. The van der Waals surface area contributed by atoms with E-state index in [1.165, 1.54) is 38.4 Å². The van der Waals surface area contributed by atoms with Crippen LogP contribution in [0.1, 0.15) is 10.4 Å². The Bertz CT molecular complexity index is 1140. The Morgan fingerprint density at radius 1 is 1.11 bits per heavy atom. The van der Waals surface area contributed by atoms with Crippen LogP contribution in [0.15, 0.2) is 53.4 Å². The molecule has 0 atom stereocenters. The topological polar surface area (TPSA) is 96.8 Å². The van der Waals surface area contributed by atoms with E-state index in [2.05, 4.69) is 4.98 Å². The van der Waals surface area contributed by atoms with Crippen molar-refractivity contribution in [2.75, 3.05) is 21.2 Å². The minimum atomic E-state index is -3.69. The number of aromatic nitrogens is 1. The summed E-state index contributed by atoms with van der Waals surface area (Å²) in [7, 11) is 0.695. The summed E-state index contributed by atoms with van der Waals surface area (Å²) in [5.74, 6) is -0.537. The molecular formula is C19H18N2O5S. The molecule has 1 heterocycles. The predicted molar refractivity (Wildman–Crippen MR) is 102 cm³/mol. The van der Waals surface area contributed by atoms with Gasteiger partial charge in [-0.15, -0.1) is 0 Å². The van der Waals surface area contributed by atoms with Crippen LogP contribution in [0.2, 0.25) is 0 Å². The Morgan fingerprint density at radius 2 is 1.85 bits per heavy atom. The number of hydrogen-bond acceptors (Lipinski definition) is 5. The standard InChI is InChI=1S/C19H18N2O5S/c1-21(2)27(24,25)14-7-8-17-15(10-14)16(19(22)23)11-18(20-17)12-5-4-6-13(9-12)26-3/h4-11H,1-3H3,(H,22,23). The summed E-state index contributed by atoms with van der Waals surface area (Å²) in [6.07, 6.45) is 0. The highest BCUT2D eigenvalue weighted by Crippen LogP contribution is 2.29. The normalized spacial score (nSPS) is 11.7. The number of carboxylic acids is 1. The number of nitrogens with zero attached hydrogens (tertiary/aromatic N) is 2. The molecule has 0 aliphatic heterocycles. The van der Waals surface area contributed by atoms with Crippen molar-refractivity contribution in [3.63, 3.8) is 0 Å². The number of carbonyl (C=O) groups is 1. The van der Waals surface area contributed by atoms with Gasteiger partial charge >= 0.3 is 5.97 Å². The lowest BCUT2D eigenvalue weighted by Crippen LogP contribution is -2.22. The molecule has 2 aromatic carbocycles. The quantitative estimate of drug-likeness (QED) is 0.724. The summed E-state index contributed by atoms with van der Waals surface area (Å²) < 4.78 is 31.0. The van der Waals surface area contributed by atoms with Crippen molar-refractivity contribution >= 4 is 26.9 Å². The van der Waals surface area contributed by atoms with E-state index in [1.54, 1.807) is 31.4 Å². The van der Waals surface area contributed by atoms with Crippen LogP contribution in [0.25, 0.3) is 22.2 Å². The van der Waals surface area contributed by atoms with Crippen LogP contribution in [0.4, 0.5) is 0 Å². The SMILES string of the molecule is COc1cccc(-c2cc(C(=O)O)c3cc(S(=O)(=O)N(C)C)ccc3n2)c1. The van der Waals surface area contributed by atoms with Crippen LogP contribution in [-0.2, 0) is 10.0 Å². The largest absolute Gasteiger partial charge is 0.497 e. The third-order valence-electron chi connectivity index (χ3n) is 4.15. The van der Waals surface area contributed by atoms with Gasteiger partial charge in [0, 0.05) is 25.0 Å². The fourth-order valence-corrected chi connectivity index (χ4v) is 3.61. The Hall–Kier alpha value is -2.97. The summed E-state index contributed by atoms with van der Waals surface area (Å²) in [4.78, 5) is 16.3. The fourth-order valence-electron chi connectivity index (χ4n) is 2.68. The first-order valence-electron chi connectivity index (χ1n) is 7.99. The number of aromatic carboxylic acids is 1. The van der Waals surface area contributed by atoms with E-state index in [-0.39, 0.29) is 15.8 Å². The molecule has 1 aromatic heterocycles. The Labute approximate surface area is 156 Å². The molecule has 0 aliphatic carbocycles. The molecule has 0 bridgehead atoms. The van der Waals surface area contributed by atoms with Crippen LogP contribution in [0, 0.1) is 0 Å². The maximum absolute atomic E-state index is 12.4. The van der Waals surface area contributed by atoms with Gasteiger partial charge < -0.3 is 9.84 Å². The zero-order chi connectivity index (χ0) is 19.8. The summed E-state index contributed by atoms with van der Waals surface area (Å²) in [5, 5.41) is 9.91. The van der Waals surface area contributed by atoms with E-state index in [0.717, 1.165) is 4.31 Å². The summed E-state index contributed by atoms with van der Waals surface area (Å²) in [6.45, 7) is 0. The van der Waals surface area contributed by atoms with Gasteiger partial charge in [0.2, 0.25) is 10.0 Å². The molecular weight excluding hydrogens is 368 g/mol. The lowest BCUT2D eigenvalue weighted by molar-refractivity contribution is 0.0699. The maximum atomic E-state index is 12.4. The fraction of sp³-hybridized carbons (Fsp3) is 0.158. The average Bonchev–Trinajstić information content (AvgIpc) is 2.66. The van der Waals surface area contributed by atoms with Gasteiger partial charge in [0.05, 0.1) is 28.8 Å². The number of sulfonamides is 1. The second kappa shape index (κ2) is 6.98. The van der Waals surface area contributed by atoms with Crippen LogP contribution in [0.5, 0.6) is 5.75 Å². The van der Waals surface area contributed by atoms with E-state index >= 15 is 0 Å². The maximum Gasteiger partial charge on any atom is 0.336 e. The molecule has 0 spiro atoms. The zero-order valence-electron chi connectivity index (χ0n) is 15.0. The smallest absolute Gasteiger partial charge is 0.336 e. The number of pyridine rings is 1. The molecule has 140 valence electrons. The molecule has 0 radical (unpaired) electrons. The van der Waals surface area contributed by atoms with Crippen molar-refractivity contribution in [1.82, 2.24) is 9.29 Å². The van der Waals surface area contributed by atoms with Gasteiger partial charge in [-0.1, -0.05) is 12.1 Å². The minimum absolute atomic E-state index is 0.0124. The highest BCUT2D eigenvalue weighted by atomic mass is 32.2. The number of carboxylic acid groups (broad SMARTS) is 1. The Kier molecular flexibility index (Phi) is 4.86. The number of fused-ring (bicyclic) bond motifs is 1. The molecule has 3 rings (SSSR count). The van der Waals surface area contributed by atoms with Gasteiger partial charge in [-0.05, 0) is 36.4 Å². The lowest BCUT2D eigenvalue weighted by Gasteiger charge is -2.13.